The fourth-order valence-electron chi connectivity index (χ4n) is 0.262. The van der Waals surface area contributed by atoms with Gasteiger partial charge in [0.15, 0.2) is 0 Å². The molecule has 0 fully saturated rings. The number of hydrogen-bond acceptors (Lipinski definition) is 7. The van der Waals surface area contributed by atoms with Crippen molar-refractivity contribution < 1.29 is 90.5 Å². The van der Waals surface area contributed by atoms with Crippen LogP contribution in [-0.4, -0.2) is 24.3 Å². The Labute approximate surface area is 136 Å². The van der Waals surface area contributed by atoms with E-state index in [0.29, 0.717) is 5.57 Å². The quantitative estimate of drug-likeness (QED) is 0.226. The van der Waals surface area contributed by atoms with Crippen LogP contribution in [0.4, 0.5) is 0 Å². The minimum absolute atomic E-state index is 0. The van der Waals surface area contributed by atoms with Crippen LogP contribution in [-0.2, 0) is 14.1 Å². The molecule has 17 heavy (non-hydrogen) atoms. The van der Waals surface area contributed by atoms with Gasteiger partial charge in [-0.3, -0.25) is 0 Å². The van der Waals surface area contributed by atoms with Gasteiger partial charge in [-0.15, -0.1) is 0 Å². The Morgan fingerprint density at radius 3 is 1.76 bits per heavy atom. The molecule has 11 heteroatoms. The Hall–Kier alpha value is 1.07. The number of esters is 1. The number of carbonyl (C=O) groups excluding carboxylic acids is 1. The fourth-order valence-corrected chi connectivity index (χ4v) is 0.262. The number of carbonyl (C=O) groups is 1. The number of ether oxygens (including phenoxy) is 1. The first kappa shape index (κ1) is 30.8. The summed E-state index contributed by atoms with van der Waals surface area (Å²) in [7, 11) is -5.39. The molecule has 0 unspecified atom stereocenters. The van der Waals surface area contributed by atoms with Crippen molar-refractivity contribution >= 4 is 13.8 Å². The molecule has 0 bridgehead atoms. The normalized spacial score (nSPS) is 8.06. The van der Waals surface area contributed by atoms with Gasteiger partial charge in [0.1, 0.15) is 6.61 Å². The maximum absolute atomic E-state index is 10.5. The van der Waals surface area contributed by atoms with Crippen LogP contribution in [0.1, 0.15) is 6.92 Å². The predicted molar refractivity (Wildman–Crippen MR) is 40.5 cm³/mol. The van der Waals surface area contributed by atoms with Gasteiger partial charge < -0.3 is 29.1 Å². The van der Waals surface area contributed by atoms with Crippen molar-refractivity contribution in [3.63, 3.8) is 0 Å². The first-order chi connectivity index (χ1) is 6.18. The first-order valence-corrected chi connectivity index (χ1v) is 4.81. The average Bonchev–Trinajstić information content (AvgIpc) is 1.96. The van der Waals surface area contributed by atoms with Crippen molar-refractivity contribution in [3.05, 3.63) is 12.2 Å². The van der Waals surface area contributed by atoms with Gasteiger partial charge in [-0.1, -0.05) is 6.58 Å². The zero-order valence-electron chi connectivity index (χ0n) is 10.5. The van der Waals surface area contributed by atoms with Crippen LogP contribution in [0.5, 0.6) is 0 Å². The summed E-state index contributed by atoms with van der Waals surface area (Å²) < 4.78 is 13.0. The maximum Gasteiger partial charge on any atom is 1.00 e. The van der Waals surface area contributed by atoms with Crippen LogP contribution in [0.2, 0.25) is 0 Å². The summed E-state index contributed by atoms with van der Waals surface area (Å²) in [4.78, 5) is 36.1. The van der Waals surface area contributed by atoms with Gasteiger partial charge in [0.2, 0.25) is 0 Å². The molecule has 0 amide bonds. The molecule has 0 spiro atoms. The minimum Gasteiger partial charge on any atom is -0.822 e. The minimum atomic E-state index is -5.39. The topological polar surface area (TPSA) is 133 Å². The monoisotopic (exact) mass is 246 g/mol. The van der Waals surface area contributed by atoms with Gasteiger partial charge in [0, 0.05) is 5.57 Å². The summed E-state index contributed by atoms with van der Waals surface area (Å²) >= 11 is 0. The molecule has 1 N–H and O–H groups in total. The second-order valence-electron chi connectivity index (χ2n) is 2.09. The van der Waals surface area contributed by atoms with E-state index < -0.39 is 13.8 Å². The molecule has 0 rings (SSSR count). The Kier molecular flexibility index (Phi) is 31.0. The molecule has 0 atom stereocenters. The van der Waals surface area contributed by atoms with Crippen LogP contribution < -0.4 is 71.3 Å². The third-order valence-corrected chi connectivity index (χ3v) is 0.673. The van der Waals surface area contributed by atoms with Gasteiger partial charge >= 0.3 is 62.6 Å². The Morgan fingerprint density at radius 2 is 1.59 bits per heavy atom. The van der Waals surface area contributed by atoms with Gasteiger partial charge in [-0.05, 0) is 6.92 Å². The van der Waals surface area contributed by atoms with Crippen LogP contribution in [0.25, 0.3) is 0 Å². The predicted octanol–water partition coefficient (Wildman–Crippen LogP) is -11.7. The molecule has 84 valence electrons. The Bertz CT molecular complexity index is 233. The molecule has 0 radical (unpaired) electrons. The van der Waals surface area contributed by atoms with Gasteiger partial charge in [-0.25, -0.2) is 4.79 Å². The summed E-state index contributed by atoms with van der Waals surface area (Å²) in [5.74, 6) is -0.455. The molecule has 0 aliphatic carbocycles. The largest absolute Gasteiger partial charge is 1.00 e. The SMILES string of the molecule is C=C(C)C(=O)OCCO.O=P([O-])([O-])[O-].[Li+].[Li+].[Li+]. The van der Waals surface area contributed by atoms with Crippen molar-refractivity contribution in [2.75, 3.05) is 13.2 Å². The molecule has 7 nitrogen and oxygen atoms in total. The maximum atomic E-state index is 10.5. The standard InChI is InChI=1S/C6H10O3.3Li.H3O4P/c1-5(2)6(8)9-4-3-7;;;;1-5(2,3)4/h7H,1,3-4H2,2H3;;;;(H3,1,2,3,4)/q;3*+1;/p-3. The Morgan fingerprint density at radius 1 is 1.29 bits per heavy atom. The zero-order valence-corrected chi connectivity index (χ0v) is 11.4. The van der Waals surface area contributed by atoms with Gasteiger partial charge in [-0.2, -0.15) is 7.82 Å². The first-order valence-electron chi connectivity index (χ1n) is 3.35. The van der Waals surface area contributed by atoms with E-state index in [2.05, 4.69) is 11.3 Å². The summed E-state index contributed by atoms with van der Waals surface area (Å²) in [5.41, 5.74) is 0.350. The fraction of sp³-hybridized carbons (Fsp3) is 0.500. The number of aliphatic hydroxyl groups is 1. The molecule has 0 aromatic carbocycles. The van der Waals surface area contributed by atoms with Gasteiger partial charge in [0.25, 0.3) is 0 Å². The van der Waals surface area contributed by atoms with E-state index >= 15 is 0 Å². The summed E-state index contributed by atoms with van der Waals surface area (Å²) in [5, 5.41) is 8.19. The van der Waals surface area contributed by atoms with Crippen molar-refractivity contribution in [1.29, 1.82) is 0 Å². The van der Waals surface area contributed by atoms with Crippen LogP contribution in [0, 0.1) is 0 Å². The summed E-state index contributed by atoms with van der Waals surface area (Å²) in [6.07, 6.45) is 0. The molecule has 0 aliphatic rings. The number of hydrogen-bond donors (Lipinski definition) is 1. The van der Waals surface area contributed by atoms with Crippen LogP contribution in [0.3, 0.4) is 0 Å². The average molecular weight is 246 g/mol. The number of rotatable bonds is 3. The molecule has 0 saturated heterocycles. The van der Waals surface area contributed by atoms with E-state index in [1.165, 1.54) is 0 Å². The van der Waals surface area contributed by atoms with Crippen molar-refractivity contribution in [1.82, 2.24) is 0 Å². The van der Waals surface area contributed by atoms with Crippen molar-refractivity contribution in [3.8, 4) is 0 Å². The molecule has 0 aromatic heterocycles. The van der Waals surface area contributed by atoms with Crippen molar-refractivity contribution in [2.45, 2.75) is 6.92 Å². The number of aliphatic hydroxyl groups excluding tert-OH is 1. The van der Waals surface area contributed by atoms with E-state index in [4.69, 9.17) is 24.4 Å². The van der Waals surface area contributed by atoms with E-state index in [-0.39, 0.29) is 69.8 Å². The summed E-state index contributed by atoms with van der Waals surface area (Å²) in [6, 6.07) is 0. The van der Waals surface area contributed by atoms with E-state index in [1.807, 2.05) is 0 Å². The molecule has 0 heterocycles. The molecule has 0 aliphatic heterocycles. The van der Waals surface area contributed by atoms with E-state index in [0.717, 1.165) is 0 Å². The zero-order chi connectivity index (χ0) is 11.8. The second kappa shape index (κ2) is 17.1. The third kappa shape index (κ3) is 47.1. The summed E-state index contributed by atoms with van der Waals surface area (Å²) in [6.45, 7) is 4.81. The molecular weight excluding hydrogens is 236 g/mol. The molecule has 0 saturated carbocycles. The number of phosphoric acid groups is 1. The smallest absolute Gasteiger partial charge is 0.822 e. The second-order valence-corrected chi connectivity index (χ2v) is 2.98. The van der Waals surface area contributed by atoms with Crippen molar-refractivity contribution in [2.24, 2.45) is 0 Å². The van der Waals surface area contributed by atoms with E-state index in [1.54, 1.807) is 6.92 Å². The van der Waals surface area contributed by atoms with E-state index in [9.17, 15) is 4.79 Å². The molecular formula is C6H10Li3O7P. The van der Waals surface area contributed by atoms with Crippen LogP contribution >= 0.6 is 7.82 Å². The molecule has 0 aromatic rings. The van der Waals surface area contributed by atoms with Gasteiger partial charge in [0.05, 0.1) is 6.61 Å². The third-order valence-electron chi connectivity index (χ3n) is 0.673. The Balaban J connectivity index is -0.0000000533. The van der Waals surface area contributed by atoms with Crippen LogP contribution in [0.15, 0.2) is 12.2 Å².